The number of fused-ring (bicyclic) bond motifs is 2. The van der Waals surface area contributed by atoms with E-state index in [1.165, 1.54) is 12.1 Å². The molecule has 3 heterocycles. The summed E-state index contributed by atoms with van der Waals surface area (Å²) in [6.07, 6.45) is 2.74. The van der Waals surface area contributed by atoms with Gasteiger partial charge in [0.25, 0.3) is 21.8 Å². The third-order valence-electron chi connectivity index (χ3n) is 6.57. The molecule has 2 amide bonds. The summed E-state index contributed by atoms with van der Waals surface area (Å²) in [7, 11) is -3.90. The van der Waals surface area contributed by atoms with Crippen LogP contribution in [-0.2, 0) is 10.0 Å². The Bertz CT molecular complexity index is 1420. The Morgan fingerprint density at radius 1 is 1.06 bits per heavy atom. The van der Waals surface area contributed by atoms with Gasteiger partial charge in [0.15, 0.2) is 11.5 Å². The fraction of sp³-hybridized carbons (Fsp3) is 0.348. The molecule has 0 radical (unpaired) electrons. The Labute approximate surface area is 195 Å². The first-order chi connectivity index (χ1) is 15.8. The molecular formula is C23H20ClN3O5S. The minimum Gasteiger partial charge on any atom is -0.440 e. The van der Waals surface area contributed by atoms with Gasteiger partial charge in [0.2, 0.25) is 0 Å². The Kier molecular flexibility index (Phi) is 4.57. The first-order valence-corrected chi connectivity index (χ1v) is 12.7. The van der Waals surface area contributed by atoms with Crippen molar-refractivity contribution in [2.24, 2.45) is 0 Å². The lowest BCUT2D eigenvalue weighted by Gasteiger charge is -2.30. The van der Waals surface area contributed by atoms with Crippen LogP contribution in [0.2, 0.25) is 5.02 Å². The number of halogens is 1. The Morgan fingerprint density at radius 2 is 1.82 bits per heavy atom. The second-order valence-electron chi connectivity index (χ2n) is 8.78. The maximum absolute atomic E-state index is 13.1. The number of hydrogen-bond acceptors (Lipinski definition) is 6. The molecule has 1 saturated heterocycles. The van der Waals surface area contributed by atoms with Crippen LogP contribution in [0.25, 0.3) is 11.1 Å². The summed E-state index contributed by atoms with van der Waals surface area (Å²) in [4.78, 5) is 31.9. The minimum atomic E-state index is -3.90. The molecule has 8 nitrogen and oxygen atoms in total. The van der Waals surface area contributed by atoms with Crippen LogP contribution in [0.1, 0.15) is 58.2 Å². The zero-order valence-corrected chi connectivity index (χ0v) is 19.1. The predicted molar refractivity (Wildman–Crippen MR) is 120 cm³/mol. The van der Waals surface area contributed by atoms with E-state index >= 15 is 0 Å². The number of rotatable bonds is 3. The number of sulfonamides is 1. The highest BCUT2D eigenvalue weighted by Gasteiger charge is 2.49. The van der Waals surface area contributed by atoms with Gasteiger partial charge in [0, 0.05) is 35.6 Å². The van der Waals surface area contributed by atoms with E-state index in [0.717, 1.165) is 4.31 Å². The van der Waals surface area contributed by atoms with Gasteiger partial charge in [-0.2, -0.15) is 0 Å². The largest absolute Gasteiger partial charge is 0.440 e. The second-order valence-corrected chi connectivity index (χ2v) is 11.0. The lowest BCUT2D eigenvalue weighted by atomic mass is 9.96. The van der Waals surface area contributed by atoms with Crippen molar-refractivity contribution in [3.8, 4) is 0 Å². The molecule has 3 aliphatic rings. The molecule has 0 bridgehead atoms. The van der Waals surface area contributed by atoms with Crippen molar-refractivity contribution in [1.29, 1.82) is 0 Å². The third-order valence-corrected chi connectivity index (χ3v) is 8.68. The van der Waals surface area contributed by atoms with Gasteiger partial charge in [0.1, 0.15) is 10.4 Å². The van der Waals surface area contributed by atoms with Gasteiger partial charge in [-0.1, -0.05) is 11.6 Å². The van der Waals surface area contributed by atoms with E-state index in [-0.39, 0.29) is 33.9 Å². The molecule has 2 aromatic carbocycles. The topological polar surface area (TPSA) is 101 Å². The molecule has 1 saturated carbocycles. The molecular weight excluding hydrogens is 466 g/mol. The summed E-state index contributed by atoms with van der Waals surface area (Å²) in [6.45, 7) is 1.000. The zero-order chi connectivity index (χ0) is 22.9. The lowest BCUT2D eigenvalue weighted by Crippen LogP contribution is -2.38. The van der Waals surface area contributed by atoms with Gasteiger partial charge >= 0.3 is 0 Å². The van der Waals surface area contributed by atoms with Crippen LogP contribution in [0.5, 0.6) is 0 Å². The van der Waals surface area contributed by atoms with Crippen molar-refractivity contribution in [3.05, 3.63) is 58.4 Å². The number of oxazole rings is 1. The van der Waals surface area contributed by atoms with Crippen LogP contribution < -0.4 is 0 Å². The Balaban J connectivity index is 1.19. The molecule has 2 fully saturated rings. The van der Waals surface area contributed by atoms with E-state index in [9.17, 15) is 18.0 Å². The quantitative estimate of drug-likeness (QED) is 0.559. The smallest absolute Gasteiger partial charge is 0.269 e. The molecule has 3 aromatic rings. The first kappa shape index (κ1) is 20.7. The van der Waals surface area contributed by atoms with Crippen molar-refractivity contribution in [3.63, 3.8) is 0 Å². The van der Waals surface area contributed by atoms with Crippen molar-refractivity contribution in [2.45, 2.75) is 42.5 Å². The number of likely N-dealkylation sites (tertiary alicyclic amines) is 1. The molecule has 0 unspecified atom stereocenters. The SMILES string of the molecule is O=C(c1ccc2c(c1)S(=O)(=O)N(C1CC1)C2=O)N1CCC(c2nc3cc(Cl)ccc3o2)CC1. The van der Waals surface area contributed by atoms with Gasteiger partial charge in [-0.25, -0.2) is 17.7 Å². The van der Waals surface area contributed by atoms with Gasteiger partial charge in [-0.05, 0) is 62.1 Å². The number of carbonyl (C=O) groups is 2. The van der Waals surface area contributed by atoms with Crippen molar-refractivity contribution in [1.82, 2.24) is 14.2 Å². The van der Waals surface area contributed by atoms with Gasteiger partial charge in [-0.3, -0.25) is 9.59 Å². The third kappa shape index (κ3) is 3.33. The van der Waals surface area contributed by atoms with Gasteiger partial charge < -0.3 is 9.32 Å². The monoisotopic (exact) mass is 485 g/mol. The molecule has 0 atom stereocenters. The molecule has 2 aliphatic heterocycles. The van der Waals surface area contributed by atoms with E-state index in [1.807, 2.05) is 0 Å². The standard InChI is InChI=1S/C23H20ClN3O5S/c24-15-2-6-19-18(12-15)25-21(32-19)13-7-9-26(10-8-13)22(28)14-1-5-17-20(11-14)33(30,31)27(23(17)29)16-3-4-16/h1-2,5-6,11-13,16H,3-4,7-10H2. The summed E-state index contributed by atoms with van der Waals surface area (Å²) in [5, 5.41) is 0.598. The summed E-state index contributed by atoms with van der Waals surface area (Å²) in [6, 6.07) is 9.42. The predicted octanol–water partition coefficient (Wildman–Crippen LogP) is 3.81. The number of carbonyl (C=O) groups excluding carboxylic acids is 2. The first-order valence-electron chi connectivity index (χ1n) is 10.9. The molecule has 0 N–H and O–H groups in total. The molecule has 170 valence electrons. The van der Waals surface area contributed by atoms with Crippen molar-refractivity contribution < 1.29 is 22.4 Å². The highest BCUT2D eigenvalue weighted by molar-refractivity contribution is 7.90. The fourth-order valence-electron chi connectivity index (χ4n) is 4.66. The normalized spacial score (nSPS) is 20.5. The molecule has 6 rings (SSSR count). The summed E-state index contributed by atoms with van der Waals surface area (Å²) < 4.78 is 32.6. The van der Waals surface area contributed by atoms with E-state index < -0.39 is 15.9 Å². The van der Waals surface area contributed by atoms with Gasteiger partial charge in [0.05, 0.1) is 5.56 Å². The van der Waals surface area contributed by atoms with E-state index in [4.69, 9.17) is 16.0 Å². The molecule has 33 heavy (non-hydrogen) atoms. The summed E-state index contributed by atoms with van der Waals surface area (Å²) >= 11 is 6.03. The van der Waals surface area contributed by atoms with Gasteiger partial charge in [-0.15, -0.1) is 0 Å². The van der Waals surface area contributed by atoms with Crippen LogP contribution in [0, 0.1) is 0 Å². The molecule has 1 aliphatic carbocycles. The maximum atomic E-state index is 13.1. The molecule has 1 aromatic heterocycles. The second kappa shape index (κ2) is 7.30. The average Bonchev–Trinajstić information content (AvgIpc) is 3.50. The molecule has 0 spiro atoms. The number of benzene rings is 2. The number of amides is 2. The number of piperidine rings is 1. The van der Waals surface area contributed by atoms with E-state index in [1.54, 1.807) is 29.2 Å². The van der Waals surface area contributed by atoms with Crippen LogP contribution in [0.4, 0.5) is 0 Å². The highest BCUT2D eigenvalue weighted by atomic mass is 35.5. The summed E-state index contributed by atoms with van der Waals surface area (Å²) in [5.74, 6) is -0.00734. The average molecular weight is 486 g/mol. The summed E-state index contributed by atoms with van der Waals surface area (Å²) in [5.41, 5.74) is 1.82. The number of aromatic nitrogens is 1. The van der Waals surface area contributed by atoms with Crippen LogP contribution in [0.15, 0.2) is 45.7 Å². The highest BCUT2D eigenvalue weighted by Crippen LogP contribution is 2.40. The Morgan fingerprint density at radius 3 is 2.55 bits per heavy atom. The zero-order valence-electron chi connectivity index (χ0n) is 17.5. The fourth-order valence-corrected chi connectivity index (χ4v) is 6.66. The molecule has 10 heteroatoms. The number of hydrogen-bond donors (Lipinski definition) is 0. The maximum Gasteiger partial charge on any atom is 0.269 e. The van der Waals surface area contributed by atoms with Crippen LogP contribution in [-0.4, -0.2) is 53.6 Å². The van der Waals surface area contributed by atoms with Crippen molar-refractivity contribution in [2.75, 3.05) is 13.1 Å². The lowest BCUT2D eigenvalue weighted by molar-refractivity contribution is 0.0705. The van der Waals surface area contributed by atoms with Crippen molar-refractivity contribution >= 4 is 44.5 Å². The van der Waals surface area contributed by atoms with E-state index in [2.05, 4.69) is 4.98 Å². The van der Waals surface area contributed by atoms with E-state index in [0.29, 0.717) is 60.8 Å². The minimum absolute atomic E-state index is 0.0646. The van der Waals surface area contributed by atoms with Crippen LogP contribution in [0.3, 0.4) is 0 Å². The number of nitrogens with zero attached hydrogens (tertiary/aromatic N) is 3. The van der Waals surface area contributed by atoms with Crippen LogP contribution >= 0.6 is 11.6 Å². The Hall–Kier alpha value is -2.91.